The van der Waals surface area contributed by atoms with Crippen LogP contribution in [-0.2, 0) is 0 Å². The Morgan fingerprint density at radius 3 is 0.896 bits per heavy atom. The number of hydrogen-bond acceptors (Lipinski definition) is 3. The summed E-state index contributed by atoms with van der Waals surface area (Å²) in [6.07, 6.45) is 0. The van der Waals surface area contributed by atoms with Gasteiger partial charge in [-0.25, -0.2) is 0 Å². The summed E-state index contributed by atoms with van der Waals surface area (Å²) in [5.74, 6) is 0. The zero-order chi connectivity index (χ0) is 62.4. The molecule has 0 fully saturated rings. The molecule has 9 heterocycles. The highest BCUT2D eigenvalue weighted by Gasteiger charge is 2.52. The van der Waals surface area contributed by atoms with E-state index in [1.165, 1.54) is 200 Å². The van der Waals surface area contributed by atoms with E-state index in [4.69, 9.17) is 0 Å². The van der Waals surface area contributed by atoms with Crippen LogP contribution < -0.4 is 63.9 Å². The molecule has 0 saturated carbocycles. The van der Waals surface area contributed by atoms with Crippen LogP contribution in [-0.4, -0.2) is 20.1 Å². The number of anilines is 9. The second kappa shape index (κ2) is 19.7. The molecule has 3 nitrogen and oxygen atoms in total. The summed E-state index contributed by atoms with van der Waals surface area (Å²) in [5, 5.41) is 0. The first-order valence-corrected chi connectivity index (χ1v) is 33.8. The molecule has 0 aromatic heterocycles. The summed E-state index contributed by atoms with van der Waals surface area (Å²) in [7, 11) is 0. The summed E-state index contributed by atoms with van der Waals surface area (Å²) < 4.78 is 0. The number of nitrogens with zero attached hydrogens (tertiary/aromatic N) is 3. The lowest BCUT2D eigenvalue weighted by atomic mass is 9.39. The number of hydrogen-bond donors (Lipinski definition) is 0. The Balaban J connectivity index is 0.0000000930. The van der Waals surface area contributed by atoms with Gasteiger partial charge in [0, 0.05) is 56.7 Å². The van der Waals surface area contributed by atoms with E-state index in [9.17, 15) is 0 Å². The van der Waals surface area contributed by atoms with E-state index in [0.29, 0.717) is 20.1 Å². The monoisotopic (exact) mass is 1210 g/mol. The van der Waals surface area contributed by atoms with Crippen molar-refractivity contribution >= 4 is 120 Å². The Labute approximate surface area is 559 Å². The minimum Gasteiger partial charge on any atom is -0.311 e. The third-order valence-corrected chi connectivity index (χ3v) is 22.2. The van der Waals surface area contributed by atoms with Crippen molar-refractivity contribution in [1.29, 1.82) is 0 Å². The Morgan fingerprint density at radius 2 is 0.448 bits per heavy atom. The lowest BCUT2D eigenvalue weighted by molar-refractivity contribution is 1.30. The molecule has 9 aliphatic rings. The normalized spacial score (nSPS) is 13.5. The first-order valence-electron chi connectivity index (χ1n) is 33.8. The molecule has 15 aromatic rings. The van der Waals surface area contributed by atoms with Gasteiger partial charge >= 0.3 is 0 Å². The molecule has 24 rings (SSSR count). The van der Waals surface area contributed by atoms with Gasteiger partial charge in [-0.15, -0.1) is 0 Å². The molecule has 6 heteroatoms. The maximum atomic E-state index is 2.51. The standard InChI is InChI=1S/3C30H18BN/c1-3-9-19(10-4-1)20-17-25-24-14-7-13-22-23-15-8-16-26-29(23)31(28(22)24)30(25)27(18-20)32(26)21-11-5-2-6-12-21;1-3-9-19(10-4-1)21-17-18-25-23-14-7-13-22-24-15-8-16-26-28(24)31(27(22)23)29(25)30(21)32(26)20-11-5-2-6-12-20;1-2-7-19(8-3-1)20-15-17-21(18-16-20)32-26-13-5-11-24-22-9-4-10-23-25-12-6-14-27(32)30(25)31(28(22)23)29(24)26/h3*1-18H. The molecule has 0 saturated heterocycles. The predicted molar refractivity (Wildman–Crippen MR) is 407 cm³/mol. The van der Waals surface area contributed by atoms with E-state index in [0.717, 1.165) is 0 Å². The molecule has 0 N–H and O–H groups in total. The third-order valence-electron chi connectivity index (χ3n) is 22.2. The average molecular weight is 1210 g/mol. The predicted octanol–water partition coefficient (Wildman–Crippen LogP) is 16.8. The van der Waals surface area contributed by atoms with Crippen LogP contribution in [0.15, 0.2) is 328 Å². The lowest BCUT2D eigenvalue weighted by Gasteiger charge is -2.37. The summed E-state index contributed by atoms with van der Waals surface area (Å²) in [4.78, 5) is 7.46. The zero-order valence-corrected chi connectivity index (χ0v) is 52.3. The SMILES string of the molecule is c1ccc(-c2cc3c4c(c2)N(c2ccccc2)c2cccc5c2B4c2c-5cccc2-3)cc1.c1ccc(-c2ccc(N3c4cccc5c4B4c6c-5cccc6-c5cccc3c54)cc2)cc1.c1ccc(-c2ccc3c4c2N(c2ccccc2)c2cccc5c2B4c2c-5cccc2-3)cc1. The van der Waals surface area contributed by atoms with Crippen molar-refractivity contribution < 1.29 is 0 Å². The average Bonchev–Trinajstić information content (AvgIpc) is 1.53. The van der Waals surface area contributed by atoms with Gasteiger partial charge in [-0.2, -0.15) is 0 Å². The highest BCUT2D eigenvalue weighted by atomic mass is 15.2. The fourth-order valence-electron chi connectivity index (χ4n) is 18.6. The second-order valence-electron chi connectivity index (χ2n) is 26.8. The highest BCUT2D eigenvalue weighted by molar-refractivity contribution is 7.06. The van der Waals surface area contributed by atoms with E-state index < -0.39 is 0 Å². The maximum absolute atomic E-state index is 2.51. The van der Waals surface area contributed by atoms with Crippen LogP contribution in [0.1, 0.15) is 0 Å². The Bertz CT molecular complexity index is 5780. The first kappa shape index (κ1) is 52.4. The van der Waals surface area contributed by atoms with Gasteiger partial charge in [0.25, 0.3) is 0 Å². The van der Waals surface area contributed by atoms with Crippen LogP contribution in [0, 0.1) is 0 Å². The van der Waals surface area contributed by atoms with E-state index in [-0.39, 0.29) is 0 Å². The van der Waals surface area contributed by atoms with Crippen molar-refractivity contribution in [2.75, 3.05) is 14.7 Å². The van der Waals surface area contributed by atoms with Gasteiger partial charge < -0.3 is 14.7 Å². The molecule has 0 amide bonds. The minimum absolute atomic E-state index is 0.334. The quantitative estimate of drug-likeness (QED) is 0.154. The third kappa shape index (κ3) is 6.99. The van der Waals surface area contributed by atoms with E-state index in [1.807, 2.05) is 0 Å². The van der Waals surface area contributed by atoms with Gasteiger partial charge in [-0.3, -0.25) is 0 Å². The Morgan fingerprint density at radius 1 is 0.156 bits per heavy atom. The van der Waals surface area contributed by atoms with Crippen LogP contribution in [0.3, 0.4) is 0 Å². The molecule has 438 valence electrons. The molecule has 0 atom stereocenters. The molecule has 96 heavy (non-hydrogen) atoms. The van der Waals surface area contributed by atoms with Crippen molar-refractivity contribution in [1.82, 2.24) is 0 Å². The molecule has 0 aliphatic carbocycles. The van der Waals surface area contributed by atoms with Crippen LogP contribution >= 0.6 is 0 Å². The molecule has 0 spiro atoms. The highest BCUT2D eigenvalue weighted by Crippen LogP contribution is 2.52. The van der Waals surface area contributed by atoms with Crippen molar-refractivity contribution in [2.45, 2.75) is 0 Å². The first-order chi connectivity index (χ1) is 47.7. The van der Waals surface area contributed by atoms with Gasteiger partial charge in [0.1, 0.15) is 0 Å². The van der Waals surface area contributed by atoms with Gasteiger partial charge in [-0.1, -0.05) is 271 Å². The van der Waals surface area contributed by atoms with Gasteiger partial charge in [0.15, 0.2) is 0 Å². The van der Waals surface area contributed by atoms with Crippen LogP contribution in [0.25, 0.3) is 100 Å². The summed E-state index contributed by atoms with van der Waals surface area (Å²) in [5.41, 5.74) is 49.3. The Hall–Kier alpha value is -12.1. The van der Waals surface area contributed by atoms with Crippen molar-refractivity contribution in [3.05, 3.63) is 328 Å². The summed E-state index contributed by atoms with van der Waals surface area (Å²) in [6, 6.07) is 120. The van der Waals surface area contributed by atoms with Crippen LogP contribution in [0.4, 0.5) is 51.2 Å². The summed E-state index contributed by atoms with van der Waals surface area (Å²) in [6.45, 7) is 1.06. The van der Waals surface area contributed by atoms with Gasteiger partial charge in [0.05, 0.1) is 0 Å². The second-order valence-corrected chi connectivity index (χ2v) is 26.8. The minimum atomic E-state index is 0.334. The van der Waals surface area contributed by atoms with Crippen molar-refractivity contribution in [3.63, 3.8) is 0 Å². The van der Waals surface area contributed by atoms with E-state index >= 15 is 0 Å². The lowest BCUT2D eigenvalue weighted by Crippen LogP contribution is -2.52. The molecular formula is C90H54B3N3. The van der Waals surface area contributed by atoms with Crippen LogP contribution in [0.2, 0.25) is 0 Å². The molecule has 0 bridgehead atoms. The maximum Gasteiger partial charge on any atom is 0.249 e. The number of rotatable bonds is 6. The largest absolute Gasteiger partial charge is 0.311 e. The fourth-order valence-corrected chi connectivity index (χ4v) is 18.6. The van der Waals surface area contributed by atoms with Gasteiger partial charge in [-0.05, 0) is 200 Å². The summed E-state index contributed by atoms with van der Waals surface area (Å²) >= 11 is 0. The topological polar surface area (TPSA) is 9.72 Å². The molecule has 0 radical (unpaired) electrons. The van der Waals surface area contributed by atoms with E-state index in [1.54, 1.807) is 0 Å². The zero-order valence-electron chi connectivity index (χ0n) is 52.3. The number of fused-ring (bicyclic) bond motifs is 6. The smallest absolute Gasteiger partial charge is 0.249 e. The molecular weight excluding hydrogens is 1160 g/mol. The van der Waals surface area contributed by atoms with Crippen molar-refractivity contribution in [2.24, 2.45) is 0 Å². The van der Waals surface area contributed by atoms with Crippen LogP contribution in [0.5, 0.6) is 0 Å². The Kier molecular flexibility index (Phi) is 10.8. The van der Waals surface area contributed by atoms with Gasteiger partial charge in [0.2, 0.25) is 20.1 Å². The van der Waals surface area contributed by atoms with Crippen molar-refractivity contribution in [3.8, 4) is 100 Å². The molecule has 15 aromatic carbocycles. The number of para-hydroxylation sites is 2. The molecule has 0 unspecified atom stereocenters. The van der Waals surface area contributed by atoms with E-state index in [2.05, 4.69) is 342 Å². The number of benzene rings is 15. The fraction of sp³-hybridized carbons (Fsp3) is 0. The molecule has 9 aliphatic heterocycles.